The number of carbonyl (C=O) groups excluding carboxylic acids is 1. The topological polar surface area (TPSA) is 44.8 Å². The van der Waals surface area contributed by atoms with E-state index in [9.17, 15) is 31.1 Å². The summed E-state index contributed by atoms with van der Waals surface area (Å²) in [6.45, 7) is 6.88. The predicted molar refractivity (Wildman–Crippen MR) is 105 cm³/mol. The normalized spacial score (nSPS) is 27.4. The minimum atomic E-state index is -5.64. The van der Waals surface area contributed by atoms with Crippen LogP contribution in [-0.2, 0) is 19.0 Å². The maximum atomic E-state index is 14.0. The fraction of sp³-hybridized carbons (Fsp3) is 0.864. The van der Waals surface area contributed by atoms with Crippen LogP contribution in [0.5, 0.6) is 0 Å². The van der Waals surface area contributed by atoms with Crippen LogP contribution in [0.1, 0.15) is 65.2 Å². The summed E-state index contributed by atoms with van der Waals surface area (Å²) < 4.78 is 98.9. The number of hydrogen-bond acceptors (Lipinski definition) is 4. The maximum absolute atomic E-state index is 14.0. The summed E-state index contributed by atoms with van der Waals surface area (Å²) in [6.07, 6.45) is -11.5. The first-order chi connectivity index (χ1) is 14.8. The average Bonchev–Trinajstić information content (AvgIpc) is 3.02. The molecule has 1 saturated carbocycles. The number of hydrogen-bond donors (Lipinski definition) is 0. The zero-order chi connectivity index (χ0) is 24.2. The molecule has 1 aliphatic carbocycles. The van der Waals surface area contributed by atoms with Gasteiger partial charge in [-0.2, -0.15) is 26.3 Å². The molecule has 1 aliphatic heterocycles. The van der Waals surface area contributed by atoms with E-state index in [1.165, 1.54) is 6.92 Å². The van der Waals surface area contributed by atoms with Crippen molar-refractivity contribution in [2.75, 3.05) is 13.2 Å². The van der Waals surface area contributed by atoms with Gasteiger partial charge in [0.25, 0.3) is 5.60 Å². The van der Waals surface area contributed by atoms with E-state index in [0.29, 0.717) is 32.1 Å². The van der Waals surface area contributed by atoms with Gasteiger partial charge in [-0.1, -0.05) is 13.5 Å². The molecule has 186 valence electrons. The smallest absolute Gasteiger partial charge is 0.426 e. The Balaban J connectivity index is 2.16. The van der Waals surface area contributed by atoms with Crippen molar-refractivity contribution in [3.63, 3.8) is 0 Å². The molecular formula is C22H32F6O4. The Bertz CT molecular complexity index is 625. The number of halogens is 6. The fourth-order valence-electron chi connectivity index (χ4n) is 4.72. The number of ether oxygens (including phenoxy) is 3. The predicted octanol–water partition coefficient (Wildman–Crippen LogP) is 6.34. The van der Waals surface area contributed by atoms with Gasteiger partial charge < -0.3 is 14.2 Å². The SMILES string of the molecule is C=C(C)C(=O)OCCCC1CC(C)CC1CC(OC1CCCCO1)(C(F)(F)F)C(F)(F)F. The maximum Gasteiger partial charge on any atom is 0.426 e. The summed E-state index contributed by atoms with van der Waals surface area (Å²) in [5, 5.41) is 0. The Labute approximate surface area is 184 Å². The molecule has 2 aliphatic rings. The molecule has 10 heteroatoms. The van der Waals surface area contributed by atoms with Crippen molar-refractivity contribution >= 4 is 5.97 Å². The number of alkyl halides is 6. The molecule has 4 nitrogen and oxygen atoms in total. The van der Waals surface area contributed by atoms with E-state index in [4.69, 9.17) is 14.2 Å². The molecule has 0 spiro atoms. The Morgan fingerprint density at radius 2 is 1.69 bits per heavy atom. The van der Waals surface area contributed by atoms with Crippen molar-refractivity contribution < 1.29 is 45.3 Å². The van der Waals surface area contributed by atoms with Crippen LogP contribution >= 0.6 is 0 Å². The highest BCUT2D eigenvalue weighted by Gasteiger charge is 2.73. The lowest BCUT2D eigenvalue weighted by Gasteiger charge is -2.42. The molecule has 0 amide bonds. The van der Waals surface area contributed by atoms with Crippen LogP contribution in [0.4, 0.5) is 26.3 Å². The molecule has 4 unspecified atom stereocenters. The largest absolute Gasteiger partial charge is 0.462 e. The first kappa shape index (κ1) is 27.0. The van der Waals surface area contributed by atoms with Crippen molar-refractivity contribution in [3.8, 4) is 0 Å². The number of esters is 1. The van der Waals surface area contributed by atoms with E-state index in [1.807, 2.05) is 6.92 Å². The van der Waals surface area contributed by atoms with Gasteiger partial charge in [-0.3, -0.25) is 0 Å². The van der Waals surface area contributed by atoms with Gasteiger partial charge >= 0.3 is 18.3 Å². The highest BCUT2D eigenvalue weighted by molar-refractivity contribution is 5.86. The highest BCUT2D eigenvalue weighted by atomic mass is 19.4. The average molecular weight is 474 g/mol. The molecule has 32 heavy (non-hydrogen) atoms. The van der Waals surface area contributed by atoms with E-state index in [1.54, 1.807) is 0 Å². The molecule has 2 fully saturated rings. The van der Waals surface area contributed by atoms with Crippen molar-refractivity contribution in [2.45, 2.75) is 89.5 Å². The molecule has 0 aromatic carbocycles. The van der Waals surface area contributed by atoms with Gasteiger partial charge in [0, 0.05) is 12.2 Å². The summed E-state index contributed by atoms with van der Waals surface area (Å²) in [7, 11) is 0. The third-order valence-electron chi connectivity index (χ3n) is 6.31. The molecule has 2 rings (SSSR count). The van der Waals surface area contributed by atoms with Gasteiger partial charge in [0.1, 0.15) is 0 Å². The van der Waals surface area contributed by atoms with Crippen LogP contribution in [0.15, 0.2) is 12.2 Å². The molecule has 1 heterocycles. The second kappa shape index (κ2) is 10.8. The highest BCUT2D eigenvalue weighted by Crippen LogP contribution is 2.54. The van der Waals surface area contributed by atoms with Crippen LogP contribution in [0.25, 0.3) is 0 Å². The van der Waals surface area contributed by atoms with E-state index in [-0.39, 0.29) is 43.5 Å². The Morgan fingerprint density at radius 3 is 2.22 bits per heavy atom. The van der Waals surface area contributed by atoms with Crippen LogP contribution < -0.4 is 0 Å². The first-order valence-corrected chi connectivity index (χ1v) is 11.0. The van der Waals surface area contributed by atoms with E-state index in [0.717, 1.165) is 0 Å². The number of rotatable bonds is 9. The molecule has 0 aromatic rings. The van der Waals surface area contributed by atoms with Gasteiger partial charge in [-0.25, -0.2) is 4.79 Å². The third-order valence-corrected chi connectivity index (χ3v) is 6.31. The van der Waals surface area contributed by atoms with Gasteiger partial charge in [0.05, 0.1) is 6.61 Å². The lowest BCUT2D eigenvalue weighted by Crippen LogP contribution is -2.61. The van der Waals surface area contributed by atoms with Crippen molar-refractivity contribution in [2.24, 2.45) is 17.8 Å². The summed E-state index contributed by atoms with van der Waals surface area (Å²) in [5.74, 6) is -1.76. The standard InChI is InChI=1S/C22H32F6O4/c1-14(2)19(29)31-10-6-7-16-11-15(3)12-17(16)13-20(21(23,24)25,22(26,27)28)32-18-8-4-5-9-30-18/h15-18H,1,4-13H2,2-3H3. The van der Waals surface area contributed by atoms with Crippen LogP contribution in [0.3, 0.4) is 0 Å². The number of carbonyl (C=O) groups is 1. The van der Waals surface area contributed by atoms with Crippen LogP contribution in [0.2, 0.25) is 0 Å². The first-order valence-electron chi connectivity index (χ1n) is 11.0. The Hall–Kier alpha value is -1.29. The molecule has 0 bridgehead atoms. The zero-order valence-corrected chi connectivity index (χ0v) is 18.5. The van der Waals surface area contributed by atoms with Crippen LogP contribution in [0, 0.1) is 17.8 Å². The molecule has 1 saturated heterocycles. The van der Waals surface area contributed by atoms with E-state index < -0.39 is 42.6 Å². The van der Waals surface area contributed by atoms with Gasteiger partial charge in [-0.15, -0.1) is 0 Å². The van der Waals surface area contributed by atoms with Gasteiger partial charge in [0.2, 0.25) is 0 Å². The van der Waals surface area contributed by atoms with Gasteiger partial charge in [-0.05, 0) is 76.0 Å². The summed E-state index contributed by atoms with van der Waals surface area (Å²) >= 11 is 0. The Morgan fingerprint density at radius 1 is 1.06 bits per heavy atom. The molecule has 0 radical (unpaired) electrons. The quantitative estimate of drug-likeness (QED) is 0.169. The van der Waals surface area contributed by atoms with E-state index >= 15 is 0 Å². The van der Waals surface area contributed by atoms with Crippen molar-refractivity contribution in [1.29, 1.82) is 0 Å². The molecular weight excluding hydrogens is 442 g/mol. The van der Waals surface area contributed by atoms with E-state index in [2.05, 4.69) is 6.58 Å². The minimum Gasteiger partial charge on any atom is -0.462 e. The monoisotopic (exact) mass is 474 g/mol. The second-order valence-electron chi connectivity index (χ2n) is 9.10. The molecule has 0 N–H and O–H groups in total. The zero-order valence-electron chi connectivity index (χ0n) is 18.5. The van der Waals surface area contributed by atoms with Crippen molar-refractivity contribution in [3.05, 3.63) is 12.2 Å². The minimum absolute atomic E-state index is 0.00642. The lowest BCUT2D eigenvalue weighted by atomic mass is 9.81. The fourth-order valence-corrected chi connectivity index (χ4v) is 4.72. The second-order valence-corrected chi connectivity index (χ2v) is 9.10. The third kappa shape index (κ3) is 6.62. The molecule has 4 atom stereocenters. The summed E-state index contributed by atoms with van der Waals surface area (Å²) in [4.78, 5) is 11.5. The Kier molecular flexibility index (Phi) is 9.06. The summed E-state index contributed by atoms with van der Waals surface area (Å²) in [6, 6.07) is 0. The van der Waals surface area contributed by atoms with Crippen molar-refractivity contribution in [1.82, 2.24) is 0 Å². The lowest BCUT2D eigenvalue weighted by molar-refractivity contribution is -0.416. The molecule has 0 aromatic heterocycles. The summed E-state index contributed by atoms with van der Waals surface area (Å²) in [5.41, 5.74) is -4.05. The van der Waals surface area contributed by atoms with Crippen LogP contribution in [-0.4, -0.2) is 43.4 Å². The van der Waals surface area contributed by atoms with Gasteiger partial charge in [0.15, 0.2) is 6.29 Å².